The van der Waals surface area contributed by atoms with Gasteiger partial charge in [0, 0.05) is 25.6 Å². The van der Waals surface area contributed by atoms with Gasteiger partial charge in [-0.2, -0.15) is 5.26 Å². The number of nitrogens with one attached hydrogen (secondary N) is 1. The van der Waals surface area contributed by atoms with Gasteiger partial charge in [0.2, 0.25) is 5.91 Å². The predicted octanol–water partition coefficient (Wildman–Crippen LogP) is 6.61. The zero-order valence-electron chi connectivity index (χ0n) is 34.2. The van der Waals surface area contributed by atoms with Gasteiger partial charge in [-0.25, -0.2) is 4.39 Å². The van der Waals surface area contributed by atoms with Gasteiger partial charge in [0.15, 0.2) is 0 Å². The number of hydrogen-bond acceptors (Lipinski definition) is 7. The molecule has 1 aromatic heterocycles. The van der Waals surface area contributed by atoms with Crippen LogP contribution in [0.3, 0.4) is 0 Å². The Morgan fingerprint density at radius 1 is 1.21 bits per heavy atom. The summed E-state index contributed by atoms with van der Waals surface area (Å²) in [5.41, 5.74) is 11.5. The van der Waals surface area contributed by atoms with Crippen molar-refractivity contribution in [2.45, 2.75) is 120 Å². The molecule has 1 amide bonds. The number of nitrogens with zero attached hydrogens (tertiary/aromatic N) is 4. The Bertz CT molecular complexity index is 1720. The van der Waals surface area contributed by atoms with E-state index < -0.39 is 5.82 Å². The van der Waals surface area contributed by atoms with Crippen molar-refractivity contribution >= 4 is 38.2 Å². The molecule has 3 aliphatic rings. The molecular weight excluding hydrogens is 711 g/mol. The van der Waals surface area contributed by atoms with Crippen LogP contribution in [0.2, 0.25) is 0 Å². The van der Waals surface area contributed by atoms with E-state index in [2.05, 4.69) is 63.9 Å². The zero-order valence-corrected chi connectivity index (χ0v) is 38.2. The van der Waals surface area contributed by atoms with Crippen LogP contribution in [0.1, 0.15) is 122 Å². The van der Waals surface area contributed by atoms with Crippen molar-refractivity contribution in [1.29, 1.82) is 5.26 Å². The second-order valence-corrected chi connectivity index (χ2v) is 15.2. The fraction of sp³-hybridized carbons (Fsp3) is 0.571. The van der Waals surface area contributed by atoms with Crippen molar-refractivity contribution in [2.24, 2.45) is 16.8 Å². The maximum absolute atomic E-state index is 14.8. The van der Waals surface area contributed by atoms with Crippen molar-refractivity contribution in [2.75, 3.05) is 32.4 Å². The monoisotopic (exact) mass is 771 g/mol. The summed E-state index contributed by atoms with van der Waals surface area (Å²) in [5, 5.41) is 14.2. The third kappa shape index (κ3) is 12.0. The van der Waals surface area contributed by atoms with Gasteiger partial charge in [0.25, 0.3) is 0 Å². The molecule has 0 radical (unpaired) electrons. The average Bonchev–Trinajstić information content (AvgIpc) is 3.85. The molecule has 2 saturated heterocycles. The molecule has 0 bridgehead atoms. The number of carbonyl (C=O) groups excluding carboxylic acids is 1. The van der Waals surface area contributed by atoms with Crippen LogP contribution in [0.15, 0.2) is 17.1 Å². The normalized spacial score (nSPS) is 18.1. The number of aryl methyl sites for hydroxylation is 1. The number of likely N-dealkylation sites (N-methyl/N-ethyl adjacent to an activating group) is 1. The predicted molar refractivity (Wildman–Crippen MR) is 215 cm³/mol. The second kappa shape index (κ2) is 23.1. The number of amidine groups is 1. The molecule has 2 atom stereocenters. The summed E-state index contributed by atoms with van der Waals surface area (Å²) in [7, 11) is 1.83. The molecule has 8 nitrogen and oxygen atoms in total. The molecule has 6 rings (SSSR count). The number of carbonyl (C=O) groups is 1. The Kier molecular flexibility index (Phi) is 20.6. The number of nitrogen functional groups attached to an aromatic ring is 1. The molecule has 0 saturated carbocycles. The van der Waals surface area contributed by atoms with E-state index in [1.807, 2.05) is 34.5 Å². The van der Waals surface area contributed by atoms with Crippen molar-refractivity contribution in [1.82, 2.24) is 15.1 Å². The van der Waals surface area contributed by atoms with Gasteiger partial charge in [-0.3, -0.25) is 4.79 Å². The van der Waals surface area contributed by atoms with Crippen LogP contribution in [0.4, 0.5) is 9.39 Å². The third-order valence-electron chi connectivity index (χ3n) is 9.23. The summed E-state index contributed by atoms with van der Waals surface area (Å²) in [6.07, 6.45) is 6.71. The van der Waals surface area contributed by atoms with Crippen molar-refractivity contribution in [3.05, 3.63) is 58.5 Å². The van der Waals surface area contributed by atoms with Gasteiger partial charge in [-0.15, -0.1) is 34.1 Å². The SMILES string of the molecule is CC.CCC.CCCC(C)C.Cc1[c-]c(/C(=N\[CH-]N2CCC(C)C2)NC2CCCN(C)C2=O)c2c(c1-c1ccc(F)c3sc(N)c(C#N)c13)COC2.[K+]. The average molecular weight is 772 g/mol. The first-order valence-electron chi connectivity index (χ1n) is 19.2. The number of anilines is 1. The van der Waals surface area contributed by atoms with Crippen LogP contribution < -0.4 is 62.4 Å². The number of amides is 1. The quantitative estimate of drug-likeness (QED) is 0.121. The number of piperidine rings is 1. The van der Waals surface area contributed by atoms with Crippen molar-refractivity contribution < 1.29 is 65.3 Å². The van der Waals surface area contributed by atoms with E-state index >= 15 is 0 Å². The maximum atomic E-state index is 14.8. The summed E-state index contributed by atoms with van der Waals surface area (Å²) >= 11 is 1.09. The molecule has 3 N–H and O–H groups in total. The Morgan fingerprint density at radius 2 is 1.89 bits per heavy atom. The molecule has 2 fully saturated rings. The standard InChI is InChI=1S/C31H33FN6O2S.C6H14.C3H8.C2H6.K/c1-17-8-10-38(13-17)16-35-30(36-25-5-4-9-37(3)31(25)39)20-11-18(2)26(23-15-40-14-22(20)23)19-6-7-24(32)28-27(19)21(12-33)29(34)41-28;1-4-5-6(2)3;1-3-2;1-2;/h6-7,16-17,25H,4-5,8-10,13-15,34H2,1-3H3,(H,35,36);6H,4-5H2,1-3H3;3H2,1-2H3;1-2H3;/q-2;;;;+1. The molecule has 4 heterocycles. The smallest absolute Gasteiger partial charge is 0.438 e. The first kappa shape index (κ1) is 47.1. The van der Waals surface area contributed by atoms with Gasteiger partial charge in [0.1, 0.15) is 16.9 Å². The first-order valence-corrected chi connectivity index (χ1v) is 20.0. The van der Waals surface area contributed by atoms with Gasteiger partial charge >= 0.3 is 51.4 Å². The van der Waals surface area contributed by atoms with Crippen LogP contribution >= 0.6 is 11.3 Å². The van der Waals surface area contributed by atoms with Gasteiger partial charge < -0.3 is 30.6 Å². The fourth-order valence-electron chi connectivity index (χ4n) is 6.80. The molecular formula is C42H61FKN6O2S-. The molecule has 2 aromatic carbocycles. The minimum absolute atomic E-state index is 0. The van der Waals surface area contributed by atoms with E-state index in [0.29, 0.717) is 40.1 Å². The number of benzene rings is 2. The zero-order chi connectivity index (χ0) is 38.5. The topological polar surface area (TPSA) is 107 Å². The molecule has 3 aromatic rings. The third-order valence-corrected chi connectivity index (χ3v) is 10.3. The molecule has 3 aliphatic heterocycles. The number of thiophene rings is 1. The Balaban J connectivity index is 0.000000720. The first-order chi connectivity index (χ1) is 24.9. The van der Waals surface area contributed by atoms with E-state index in [0.717, 1.165) is 89.5 Å². The number of nitriles is 1. The number of aliphatic imine (C=N–C) groups is 1. The van der Waals surface area contributed by atoms with Crippen LogP contribution in [0.25, 0.3) is 21.2 Å². The Hall–Kier alpha value is -2.01. The summed E-state index contributed by atoms with van der Waals surface area (Å²) in [6, 6.07) is 8.49. The van der Waals surface area contributed by atoms with Crippen LogP contribution in [0.5, 0.6) is 0 Å². The molecule has 286 valence electrons. The minimum atomic E-state index is -0.402. The van der Waals surface area contributed by atoms with E-state index in [4.69, 9.17) is 15.5 Å². The summed E-state index contributed by atoms with van der Waals surface area (Å²) in [4.78, 5) is 21.9. The number of likely N-dealkylation sites (tertiary alicyclic amines) is 2. The number of fused-ring (bicyclic) bond motifs is 2. The molecule has 53 heavy (non-hydrogen) atoms. The van der Waals surface area contributed by atoms with Crippen molar-refractivity contribution in [3.8, 4) is 17.2 Å². The number of rotatable bonds is 7. The summed E-state index contributed by atoms with van der Waals surface area (Å²) in [5.74, 6) is 1.74. The van der Waals surface area contributed by atoms with E-state index in [1.54, 1.807) is 11.0 Å². The molecule has 0 spiro atoms. The molecule has 11 heteroatoms. The molecule has 0 aliphatic carbocycles. The second-order valence-electron chi connectivity index (χ2n) is 14.2. The number of nitrogens with two attached hydrogens (primary N) is 1. The Morgan fingerprint density at radius 3 is 2.47 bits per heavy atom. The van der Waals surface area contributed by atoms with E-state index in [1.165, 1.54) is 25.3 Å². The fourth-order valence-corrected chi connectivity index (χ4v) is 7.75. The van der Waals surface area contributed by atoms with Crippen LogP contribution in [0, 0.1) is 48.6 Å². The number of halogens is 1. The van der Waals surface area contributed by atoms with E-state index in [-0.39, 0.29) is 68.9 Å². The Labute approximate surface area is 365 Å². The van der Waals surface area contributed by atoms with Crippen LogP contribution in [-0.2, 0) is 22.7 Å². The minimum Gasteiger partial charge on any atom is -0.438 e. The van der Waals surface area contributed by atoms with Gasteiger partial charge in [-0.05, 0) is 61.7 Å². The summed E-state index contributed by atoms with van der Waals surface area (Å²) in [6.45, 7) is 24.4. The maximum Gasteiger partial charge on any atom is 1.00 e. The number of ether oxygens (including phenoxy) is 1. The molecule has 2 unspecified atom stereocenters. The summed E-state index contributed by atoms with van der Waals surface area (Å²) < 4.78 is 21.2. The van der Waals surface area contributed by atoms with Crippen LogP contribution in [-0.4, -0.2) is 54.3 Å². The van der Waals surface area contributed by atoms with Gasteiger partial charge in [0.05, 0.1) is 22.9 Å². The number of hydrogen-bond donors (Lipinski definition) is 2. The van der Waals surface area contributed by atoms with E-state index in [9.17, 15) is 14.4 Å². The van der Waals surface area contributed by atoms with Gasteiger partial charge in [-0.1, -0.05) is 105 Å². The largest absolute Gasteiger partial charge is 1.00 e. The van der Waals surface area contributed by atoms with Crippen molar-refractivity contribution in [3.63, 3.8) is 0 Å².